The molecule has 1 aromatic carbocycles. The second-order valence-electron chi connectivity index (χ2n) is 7.13. The van der Waals surface area contributed by atoms with Crippen molar-refractivity contribution in [2.45, 2.75) is 18.0 Å². The molecular formula is C19H22ClN5O5S. The number of benzene rings is 1. The van der Waals surface area contributed by atoms with Crippen LogP contribution in [-0.4, -0.2) is 45.3 Å². The number of hydrogen-bond donors (Lipinski definition) is 1. The number of sulfone groups is 1. The van der Waals surface area contributed by atoms with Gasteiger partial charge in [-0.15, -0.1) is 0 Å². The Kier molecular flexibility index (Phi) is 6.37. The summed E-state index contributed by atoms with van der Waals surface area (Å²) in [5, 5.41) is 2.94. The molecule has 0 saturated carbocycles. The van der Waals surface area contributed by atoms with Crippen molar-refractivity contribution in [2.24, 2.45) is 21.1 Å². The molecule has 0 atom stereocenters. The minimum atomic E-state index is -3.98. The largest absolute Gasteiger partial charge is 0.356 e. The van der Waals surface area contributed by atoms with Gasteiger partial charge in [0.25, 0.3) is 5.56 Å². The summed E-state index contributed by atoms with van der Waals surface area (Å²) in [5.41, 5.74) is -0.319. The molecule has 3 rings (SSSR count). The van der Waals surface area contributed by atoms with Crippen molar-refractivity contribution in [3.05, 3.63) is 55.7 Å². The minimum absolute atomic E-state index is 0.0964. The van der Waals surface area contributed by atoms with Crippen molar-refractivity contribution < 1.29 is 13.2 Å². The van der Waals surface area contributed by atoms with Crippen LogP contribution in [0.15, 0.2) is 39.0 Å². The van der Waals surface area contributed by atoms with Crippen LogP contribution in [-0.2, 0) is 42.2 Å². The minimum Gasteiger partial charge on any atom is -0.356 e. The molecule has 31 heavy (non-hydrogen) atoms. The van der Waals surface area contributed by atoms with E-state index in [1.165, 1.54) is 25.7 Å². The molecule has 0 radical (unpaired) electrons. The molecule has 3 aromatic rings. The van der Waals surface area contributed by atoms with Crippen molar-refractivity contribution in [2.75, 3.05) is 12.3 Å². The molecule has 0 aliphatic heterocycles. The molecule has 2 aromatic heterocycles. The summed E-state index contributed by atoms with van der Waals surface area (Å²) in [6.07, 6.45) is 0.320. The highest BCUT2D eigenvalue weighted by Gasteiger charge is 2.26. The van der Waals surface area contributed by atoms with Gasteiger partial charge in [-0.1, -0.05) is 23.7 Å². The van der Waals surface area contributed by atoms with Crippen LogP contribution in [0.1, 0.15) is 12.0 Å². The topological polar surface area (TPSA) is 125 Å². The molecule has 0 aliphatic carbocycles. The lowest BCUT2D eigenvalue weighted by Crippen LogP contribution is -2.37. The fraction of sp³-hybridized carbons (Fsp3) is 0.368. The highest BCUT2D eigenvalue weighted by Crippen LogP contribution is 2.16. The summed E-state index contributed by atoms with van der Waals surface area (Å²) in [6.45, 7) is 0.352. The summed E-state index contributed by atoms with van der Waals surface area (Å²) in [6, 6.07) is 7.21. The number of carbonyl (C=O) groups excluding carboxylic acids is 1. The van der Waals surface area contributed by atoms with E-state index in [0.29, 0.717) is 18.0 Å². The number of halogens is 1. The number of nitrogens with one attached hydrogen (secondary N) is 1. The van der Waals surface area contributed by atoms with E-state index < -0.39 is 32.7 Å². The van der Waals surface area contributed by atoms with Crippen molar-refractivity contribution in [3.8, 4) is 0 Å². The Morgan fingerprint density at radius 2 is 1.71 bits per heavy atom. The SMILES string of the molecule is Cn1c(=O)c2nc(S(=O)(=O)CCC(=O)NCCc3ccc(Cl)cc3)n(C)c2n(C)c1=O. The smallest absolute Gasteiger partial charge is 0.332 e. The Morgan fingerprint density at radius 3 is 2.35 bits per heavy atom. The molecule has 0 aliphatic rings. The first-order valence-electron chi connectivity index (χ1n) is 9.39. The van der Waals surface area contributed by atoms with E-state index in [2.05, 4.69) is 10.3 Å². The van der Waals surface area contributed by atoms with Gasteiger partial charge in [0.15, 0.2) is 11.2 Å². The van der Waals surface area contributed by atoms with Gasteiger partial charge in [0, 0.05) is 39.1 Å². The van der Waals surface area contributed by atoms with Crippen molar-refractivity contribution >= 4 is 38.5 Å². The Hall–Kier alpha value is -2.92. The summed E-state index contributed by atoms with van der Waals surface area (Å²) < 4.78 is 28.8. The molecule has 10 nitrogen and oxygen atoms in total. The predicted molar refractivity (Wildman–Crippen MR) is 116 cm³/mol. The maximum atomic E-state index is 12.8. The quantitative estimate of drug-likeness (QED) is 0.527. The standard InChI is InChI=1S/C19H22ClN5O5S/c1-23-16-15(17(27)25(3)19(28)24(16)2)22-18(23)31(29,30)11-9-14(26)21-10-8-12-4-6-13(20)7-5-12/h4-7H,8-11H2,1-3H3,(H,21,26). The number of aromatic nitrogens is 4. The first-order chi connectivity index (χ1) is 14.5. The third-order valence-electron chi connectivity index (χ3n) is 4.95. The zero-order valence-electron chi connectivity index (χ0n) is 17.3. The maximum absolute atomic E-state index is 12.8. The molecule has 1 amide bonds. The van der Waals surface area contributed by atoms with Gasteiger partial charge in [0.1, 0.15) is 0 Å². The predicted octanol–water partition coefficient (Wildman–Crippen LogP) is 0.147. The van der Waals surface area contributed by atoms with E-state index in [9.17, 15) is 22.8 Å². The number of amides is 1. The number of nitrogens with zero attached hydrogens (tertiary/aromatic N) is 4. The van der Waals surface area contributed by atoms with Gasteiger partial charge < -0.3 is 9.88 Å². The molecule has 2 heterocycles. The Balaban J connectivity index is 1.71. The summed E-state index contributed by atoms with van der Waals surface area (Å²) in [4.78, 5) is 40.5. The second-order valence-corrected chi connectivity index (χ2v) is 9.57. The van der Waals surface area contributed by atoms with Gasteiger partial charge in [0.05, 0.1) is 5.75 Å². The summed E-state index contributed by atoms with van der Waals surface area (Å²) in [7, 11) is 0.154. The molecule has 166 valence electrons. The van der Waals surface area contributed by atoms with E-state index in [1.54, 1.807) is 12.1 Å². The van der Waals surface area contributed by atoms with Crippen LogP contribution in [0, 0.1) is 0 Å². The van der Waals surface area contributed by atoms with Gasteiger partial charge in [0.2, 0.25) is 20.9 Å². The first kappa shape index (κ1) is 22.8. The number of imidazole rings is 1. The van der Waals surface area contributed by atoms with E-state index >= 15 is 0 Å². The van der Waals surface area contributed by atoms with E-state index in [4.69, 9.17) is 11.6 Å². The number of aryl methyl sites for hydroxylation is 2. The fourth-order valence-corrected chi connectivity index (χ4v) is 4.74. The van der Waals surface area contributed by atoms with E-state index in [0.717, 1.165) is 14.7 Å². The molecule has 0 spiro atoms. The van der Waals surface area contributed by atoms with Crippen molar-refractivity contribution in [3.63, 3.8) is 0 Å². The Bertz CT molecular complexity index is 1370. The van der Waals surface area contributed by atoms with Crippen LogP contribution in [0.2, 0.25) is 5.02 Å². The van der Waals surface area contributed by atoms with E-state index in [1.807, 2.05) is 12.1 Å². The molecule has 0 saturated heterocycles. The molecule has 0 unspecified atom stereocenters. The van der Waals surface area contributed by atoms with Gasteiger partial charge >= 0.3 is 5.69 Å². The Labute approximate surface area is 183 Å². The highest BCUT2D eigenvalue weighted by atomic mass is 35.5. The lowest BCUT2D eigenvalue weighted by Gasteiger charge is -2.08. The van der Waals surface area contributed by atoms with Crippen molar-refractivity contribution in [1.29, 1.82) is 0 Å². The fourth-order valence-electron chi connectivity index (χ4n) is 3.24. The van der Waals surface area contributed by atoms with E-state index in [-0.39, 0.29) is 22.7 Å². The number of hydrogen-bond acceptors (Lipinski definition) is 6. The molecular weight excluding hydrogens is 446 g/mol. The number of rotatable bonds is 7. The maximum Gasteiger partial charge on any atom is 0.332 e. The normalized spacial score (nSPS) is 11.7. The van der Waals surface area contributed by atoms with Crippen LogP contribution in [0.4, 0.5) is 0 Å². The van der Waals surface area contributed by atoms with Crippen LogP contribution in [0.3, 0.4) is 0 Å². The summed E-state index contributed by atoms with van der Waals surface area (Å²) >= 11 is 5.83. The van der Waals surface area contributed by atoms with Crippen molar-refractivity contribution in [1.82, 2.24) is 24.0 Å². The number of carbonyl (C=O) groups is 1. The lowest BCUT2D eigenvalue weighted by atomic mass is 10.1. The average Bonchev–Trinajstić information content (AvgIpc) is 3.09. The molecule has 0 bridgehead atoms. The third kappa shape index (κ3) is 4.57. The first-order valence-corrected chi connectivity index (χ1v) is 11.4. The third-order valence-corrected chi connectivity index (χ3v) is 6.86. The zero-order valence-corrected chi connectivity index (χ0v) is 18.8. The Morgan fingerprint density at radius 1 is 1.06 bits per heavy atom. The highest BCUT2D eigenvalue weighted by molar-refractivity contribution is 7.91. The van der Waals surface area contributed by atoms with Gasteiger partial charge in [-0.2, -0.15) is 0 Å². The van der Waals surface area contributed by atoms with Gasteiger partial charge in [-0.05, 0) is 24.1 Å². The van der Waals surface area contributed by atoms with Crippen LogP contribution in [0.25, 0.3) is 11.2 Å². The van der Waals surface area contributed by atoms with Crippen LogP contribution >= 0.6 is 11.6 Å². The van der Waals surface area contributed by atoms with Crippen LogP contribution in [0.5, 0.6) is 0 Å². The van der Waals surface area contributed by atoms with Gasteiger partial charge in [-0.25, -0.2) is 18.2 Å². The molecule has 1 N–H and O–H groups in total. The average molecular weight is 468 g/mol. The lowest BCUT2D eigenvalue weighted by molar-refractivity contribution is -0.120. The van der Waals surface area contributed by atoms with Gasteiger partial charge in [-0.3, -0.25) is 18.7 Å². The second kappa shape index (κ2) is 8.67. The van der Waals surface area contributed by atoms with Crippen LogP contribution < -0.4 is 16.6 Å². The molecule has 0 fully saturated rings. The number of fused-ring (bicyclic) bond motifs is 1. The molecule has 12 heteroatoms. The monoisotopic (exact) mass is 467 g/mol. The summed E-state index contributed by atoms with van der Waals surface area (Å²) in [5.74, 6) is -0.898. The zero-order chi connectivity index (χ0) is 22.9.